The number of aromatic nitrogens is 3. The van der Waals surface area contributed by atoms with Gasteiger partial charge in [-0.25, -0.2) is 14.8 Å². The van der Waals surface area contributed by atoms with E-state index in [1.54, 1.807) is 6.07 Å². The normalized spacial score (nSPS) is 19.8. The molecule has 6 heteroatoms. The molecule has 28 heavy (non-hydrogen) atoms. The summed E-state index contributed by atoms with van der Waals surface area (Å²) in [6.45, 7) is 5.20. The van der Waals surface area contributed by atoms with Crippen molar-refractivity contribution in [2.45, 2.75) is 46.1 Å². The van der Waals surface area contributed by atoms with E-state index >= 15 is 0 Å². The summed E-state index contributed by atoms with van der Waals surface area (Å²) >= 11 is 6.20. The molecule has 4 rings (SSSR count). The lowest BCUT2D eigenvalue weighted by Gasteiger charge is -2.26. The first-order valence-corrected chi connectivity index (χ1v) is 10.2. The summed E-state index contributed by atoms with van der Waals surface area (Å²) in [5.41, 5.74) is 3.99. The predicted octanol–water partition coefficient (Wildman–Crippen LogP) is 5.58. The van der Waals surface area contributed by atoms with E-state index in [2.05, 4.69) is 27.7 Å². The third-order valence-electron chi connectivity index (χ3n) is 5.77. The van der Waals surface area contributed by atoms with E-state index in [0.29, 0.717) is 22.2 Å². The first kappa shape index (κ1) is 18.9. The Morgan fingerprint density at radius 3 is 2.68 bits per heavy atom. The van der Waals surface area contributed by atoms with Gasteiger partial charge in [0, 0.05) is 23.3 Å². The second-order valence-corrected chi connectivity index (χ2v) is 8.44. The van der Waals surface area contributed by atoms with Crippen LogP contribution in [0, 0.1) is 18.8 Å². The van der Waals surface area contributed by atoms with Crippen molar-refractivity contribution < 1.29 is 9.90 Å². The summed E-state index contributed by atoms with van der Waals surface area (Å²) < 4.78 is 2.22. The van der Waals surface area contributed by atoms with Gasteiger partial charge in [-0.05, 0) is 49.3 Å². The van der Waals surface area contributed by atoms with Crippen molar-refractivity contribution in [3.05, 3.63) is 46.9 Å². The number of carbonyl (C=O) groups is 1. The molecule has 0 bridgehead atoms. The Bertz CT molecular complexity index is 1040. The average Bonchev–Trinajstić information content (AvgIpc) is 2.98. The second kappa shape index (κ2) is 7.55. The number of halogens is 1. The van der Waals surface area contributed by atoms with Crippen molar-refractivity contribution in [3.8, 4) is 11.3 Å². The molecule has 0 saturated heterocycles. The summed E-state index contributed by atoms with van der Waals surface area (Å²) in [5.74, 6) is 0.119. The fourth-order valence-electron chi connectivity index (χ4n) is 4.23. The Morgan fingerprint density at radius 2 is 2.00 bits per heavy atom. The lowest BCUT2D eigenvalue weighted by atomic mass is 9.83. The molecular weight excluding hydrogens is 374 g/mol. The van der Waals surface area contributed by atoms with Crippen LogP contribution in [0.2, 0.25) is 5.02 Å². The van der Waals surface area contributed by atoms with E-state index in [1.807, 2.05) is 25.1 Å². The number of benzene rings is 1. The van der Waals surface area contributed by atoms with Crippen molar-refractivity contribution >= 4 is 28.6 Å². The van der Waals surface area contributed by atoms with E-state index in [9.17, 15) is 9.90 Å². The minimum absolute atomic E-state index is 0.185. The van der Waals surface area contributed by atoms with E-state index < -0.39 is 5.97 Å². The summed E-state index contributed by atoms with van der Waals surface area (Å²) in [5, 5.41) is 10.1. The third-order valence-corrected chi connectivity index (χ3v) is 6.01. The van der Waals surface area contributed by atoms with Gasteiger partial charge in [0.05, 0.1) is 16.7 Å². The minimum atomic E-state index is -1.13. The summed E-state index contributed by atoms with van der Waals surface area (Å²) in [6.07, 6.45) is 7.06. The van der Waals surface area contributed by atoms with Crippen molar-refractivity contribution in [2.24, 2.45) is 11.8 Å². The van der Waals surface area contributed by atoms with E-state index in [-0.39, 0.29) is 5.82 Å². The van der Waals surface area contributed by atoms with Gasteiger partial charge in [-0.2, -0.15) is 0 Å². The largest absolute Gasteiger partial charge is 0.475 e. The lowest BCUT2D eigenvalue weighted by Crippen LogP contribution is -2.17. The van der Waals surface area contributed by atoms with Crippen LogP contribution in [0.25, 0.3) is 22.3 Å². The highest BCUT2D eigenvalue weighted by Gasteiger charge is 2.23. The number of aryl methyl sites for hydroxylation is 1. The number of hydrogen-bond donors (Lipinski definition) is 1. The van der Waals surface area contributed by atoms with E-state index in [1.165, 1.54) is 25.7 Å². The van der Waals surface area contributed by atoms with Gasteiger partial charge in [-0.1, -0.05) is 43.5 Å². The molecule has 1 fully saturated rings. The smallest absolute Gasteiger partial charge is 0.373 e. The van der Waals surface area contributed by atoms with Gasteiger partial charge in [-0.15, -0.1) is 0 Å². The number of hydrogen-bond acceptors (Lipinski definition) is 3. The minimum Gasteiger partial charge on any atom is -0.475 e. The Balaban J connectivity index is 1.86. The number of nitrogens with zero attached hydrogens (tertiary/aromatic N) is 3. The van der Waals surface area contributed by atoms with E-state index in [0.717, 1.165) is 29.1 Å². The predicted molar refractivity (Wildman–Crippen MR) is 111 cm³/mol. The fourth-order valence-corrected chi connectivity index (χ4v) is 4.42. The van der Waals surface area contributed by atoms with E-state index in [4.69, 9.17) is 11.6 Å². The fraction of sp³-hybridized carbons (Fsp3) is 0.409. The van der Waals surface area contributed by atoms with Gasteiger partial charge >= 0.3 is 5.97 Å². The zero-order chi connectivity index (χ0) is 19.8. The van der Waals surface area contributed by atoms with Crippen LogP contribution < -0.4 is 0 Å². The molecule has 0 aliphatic heterocycles. The monoisotopic (exact) mass is 397 g/mol. The summed E-state index contributed by atoms with van der Waals surface area (Å²) in [7, 11) is 0. The Morgan fingerprint density at radius 1 is 1.25 bits per heavy atom. The number of carboxylic acid groups (broad SMARTS) is 1. The van der Waals surface area contributed by atoms with Crippen molar-refractivity contribution in [3.63, 3.8) is 0 Å². The van der Waals surface area contributed by atoms with Crippen LogP contribution in [-0.2, 0) is 6.54 Å². The molecule has 0 spiro atoms. The van der Waals surface area contributed by atoms with Gasteiger partial charge < -0.3 is 9.67 Å². The maximum Gasteiger partial charge on any atom is 0.373 e. The molecule has 0 atom stereocenters. The molecule has 2 heterocycles. The topological polar surface area (TPSA) is 68.0 Å². The zero-order valence-electron chi connectivity index (χ0n) is 16.2. The molecule has 1 aliphatic carbocycles. The molecule has 2 aromatic heterocycles. The zero-order valence-corrected chi connectivity index (χ0v) is 16.9. The Hall–Kier alpha value is -2.40. The average molecular weight is 398 g/mol. The lowest BCUT2D eigenvalue weighted by molar-refractivity contribution is 0.0684. The third kappa shape index (κ3) is 3.63. The SMILES string of the molecule is Cc1cn(CC2CCC(C)CC2)c2c(-c3cccc(Cl)c3)nc(C(=O)O)nc12. The van der Waals surface area contributed by atoms with Crippen LogP contribution >= 0.6 is 11.6 Å². The van der Waals surface area contributed by atoms with Gasteiger partial charge in [-0.3, -0.25) is 0 Å². The summed E-state index contributed by atoms with van der Waals surface area (Å²) in [4.78, 5) is 20.3. The standard InChI is InChI=1S/C22H24ClN3O2/c1-13-6-8-15(9-7-13)12-26-11-14(2)18-20(26)19(25-21(24-18)22(27)28)16-4-3-5-17(23)10-16/h3-5,10-11,13,15H,6-9,12H2,1-2H3,(H,27,28). The Labute approximate surface area is 169 Å². The van der Waals surface area contributed by atoms with Crippen LogP contribution in [0.4, 0.5) is 0 Å². The first-order chi connectivity index (χ1) is 13.4. The quantitative estimate of drug-likeness (QED) is 0.623. The molecule has 3 aromatic rings. The molecule has 1 saturated carbocycles. The van der Waals surface area contributed by atoms with Crippen LogP contribution in [0.15, 0.2) is 30.5 Å². The van der Waals surface area contributed by atoms with Crippen molar-refractivity contribution in [1.29, 1.82) is 0 Å². The highest BCUT2D eigenvalue weighted by atomic mass is 35.5. The molecule has 1 N–H and O–H groups in total. The highest BCUT2D eigenvalue weighted by molar-refractivity contribution is 6.30. The van der Waals surface area contributed by atoms with Gasteiger partial charge in [0.15, 0.2) is 0 Å². The molecular formula is C22H24ClN3O2. The second-order valence-electron chi connectivity index (χ2n) is 8.00. The van der Waals surface area contributed by atoms with Crippen LogP contribution in [0.1, 0.15) is 48.8 Å². The van der Waals surface area contributed by atoms with Gasteiger partial charge in [0.2, 0.25) is 5.82 Å². The number of aromatic carboxylic acids is 1. The van der Waals surface area contributed by atoms with Crippen LogP contribution in [-0.4, -0.2) is 25.6 Å². The molecule has 0 amide bonds. The summed E-state index contributed by atoms with van der Waals surface area (Å²) in [6, 6.07) is 7.39. The number of carboxylic acids is 1. The van der Waals surface area contributed by atoms with Gasteiger partial charge in [0.25, 0.3) is 0 Å². The molecule has 146 valence electrons. The molecule has 1 aliphatic rings. The number of fused-ring (bicyclic) bond motifs is 1. The highest BCUT2D eigenvalue weighted by Crippen LogP contribution is 2.34. The molecule has 0 radical (unpaired) electrons. The molecule has 1 aromatic carbocycles. The van der Waals surface area contributed by atoms with Crippen LogP contribution in [0.5, 0.6) is 0 Å². The first-order valence-electron chi connectivity index (χ1n) is 9.79. The Kier molecular flexibility index (Phi) is 5.11. The van der Waals surface area contributed by atoms with Crippen molar-refractivity contribution in [2.75, 3.05) is 0 Å². The van der Waals surface area contributed by atoms with Crippen molar-refractivity contribution in [1.82, 2.24) is 14.5 Å². The maximum absolute atomic E-state index is 11.6. The molecule has 0 unspecified atom stereocenters. The van der Waals surface area contributed by atoms with Crippen LogP contribution in [0.3, 0.4) is 0 Å². The molecule has 5 nitrogen and oxygen atoms in total. The number of rotatable bonds is 4. The maximum atomic E-state index is 11.6. The van der Waals surface area contributed by atoms with Gasteiger partial charge in [0.1, 0.15) is 0 Å².